The Morgan fingerprint density at radius 3 is 3.11 bits per heavy atom. The first-order valence-electron chi connectivity index (χ1n) is 5.65. The molecule has 2 rings (SSSR count). The van der Waals surface area contributed by atoms with Crippen LogP contribution >= 0.6 is 11.3 Å². The SMILES string of the molecule is CCNc1cc(C(=O)NCc2cncs2)ccn1. The molecule has 0 aromatic carbocycles. The molecule has 0 bridgehead atoms. The number of hydrogen-bond acceptors (Lipinski definition) is 5. The fourth-order valence-electron chi connectivity index (χ4n) is 1.45. The van der Waals surface area contributed by atoms with Crippen LogP contribution in [-0.4, -0.2) is 22.4 Å². The molecule has 5 nitrogen and oxygen atoms in total. The summed E-state index contributed by atoms with van der Waals surface area (Å²) in [6, 6.07) is 3.44. The Bertz CT molecular complexity index is 513. The molecule has 0 spiro atoms. The van der Waals surface area contributed by atoms with Gasteiger partial charge in [0.15, 0.2) is 0 Å². The second-order valence-electron chi connectivity index (χ2n) is 3.61. The van der Waals surface area contributed by atoms with Gasteiger partial charge in [-0.1, -0.05) is 0 Å². The van der Waals surface area contributed by atoms with Gasteiger partial charge in [0.05, 0.1) is 12.1 Å². The van der Waals surface area contributed by atoms with Crippen molar-refractivity contribution in [3.63, 3.8) is 0 Å². The third-order valence-electron chi connectivity index (χ3n) is 2.29. The number of hydrogen-bond donors (Lipinski definition) is 2. The molecule has 94 valence electrons. The Morgan fingerprint density at radius 1 is 1.50 bits per heavy atom. The maximum absolute atomic E-state index is 11.9. The number of rotatable bonds is 5. The van der Waals surface area contributed by atoms with Crippen LogP contribution in [0.15, 0.2) is 30.0 Å². The molecular weight excluding hydrogens is 248 g/mol. The second kappa shape index (κ2) is 6.11. The number of carbonyl (C=O) groups excluding carboxylic acids is 1. The summed E-state index contributed by atoms with van der Waals surface area (Å²) in [5.74, 6) is 0.605. The third kappa shape index (κ3) is 3.27. The van der Waals surface area contributed by atoms with E-state index in [2.05, 4.69) is 20.6 Å². The van der Waals surface area contributed by atoms with Crippen molar-refractivity contribution in [2.45, 2.75) is 13.5 Å². The Morgan fingerprint density at radius 2 is 2.39 bits per heavy atom. The van der Waals surface area contributed by atoms with E-state index in [4.69, 9.17) is 0 Å². The van der Waals surface area contributed by atoms with Gasteiger partial charge < -0.3 is 10.6 Å². The minimum Gasteiger partial charge on any atom is -0.370 e. The summed E-state index contributed by atoms with van der Waals surface area (Å²) >= 11 is 1.52. The van der Waals surface area contributed by atoms with Crippen LogP contribution in [0.1, 0.15) is 22.2 Å². The molecule has 2 heterocycles. The smallest absolute Gasteiger partial charge is 0.251 e. The van der Waals surface area contributed by atoms with Crippen LogP contribution in [0, 0.1) is 0 Å². The molecule has 0 aliphatic heterocycles. The summed E-state index contributed by atoms with van der Waals surface area (Å²) in [6.07, 6.45) is 3.38. The van der Waals surface area contributed by atoms with Gasteiger partial charge in [-0.25, -0.2) is 4.98 Å². The van der Waals surface area contributed by atoms with Crippen molar-refractivity contribution in [3.05, 3.63) is 40.5 Å². The van der Waals surface area contributed by atoms with Gasteiger partial charge in [0, 0.05) is 29.4 Å². The summed E-state index contributed by atoms with van der Waals surface area (Å²) in [5, 5.41) is 5.92. The minimum atomic E-state index is -0.107. The van der Waals surface area contributed by atoms with Crippen LogP contribution in [0.5, 0.6) is 0 Å². The molecule has 0 fully saturated rings. The van der Waals surface area contributed by atoms with Crippen LogP contribution in [-0.2, 0) is 6.54 Å². The van der Waals surface area contributed by atoms with Crippen molar-refractivity contribution in [2.75, 3.05) is 11.9 Å². The number of anilines is 1. The van der Waals surface area contributed by atoms with E-state index in [0.29, 0.717) is 17.9 Å². The van der Waals surface area contributed by atoms with Crippen molar-refractivity contribution in [1.82, 2.24) is 15.3 Å². The first kappa shape index (κ1) is 12.5. The van der Waals surface area contributed by atoms with Crippen LogP contribution in [0.3, 0.4) is 0 Å². The minimum absolute atomic E-state index is 0.107. The molecular formula is C12H14N4OS. The molecule has 0 saturated carbocycles. The normalized spacial score (nSPS) is 10.1. The van der Waals surface area contributed by atoms with Gasteiger partial charge in [0.1, 0.15) is 5.82 Å². The van der Waals surface area contributed by atoms with Crippen LogP contribution in [0.4, 0.5) is 5.82 Å². The zero-order chi connectivity index (χ0) is 12.8. The molecule has 0 aliphatic carbocycles. The molecule has 2 aromatic heterocycles. The zero-order valence-corrected chi connectivity index (χ0v) is 10.8. The number of amides is 1. The summed E-state index contributed by atoms with van der Waals surface area (Å²) in [5.41, 5.74) is 2.35. The highest BCUT2D eigenvalue weighted by molar-refractivity contribution is 7.09. The molecule has 2 aromatic rings. The molecule has 6 heteroatoms. The second-order valence-corrected chi connectivity index (χ2v) is 4.58. The highest BCUT2D eigenvalue weighted by Crippen LogP contribution is 2.08. The molecule has 2 N–H and O–H groups in total. The largest absolute Gasteiger partial charge is 0.370 e. The molecule has 0 unspecified atom stereocenters. The van der Waals surface area contributed by atoms with Crippen molar-refractivity contribution < 1.29 is 4.79 Å². The lowest BCUT2D eigenvalue weighted by Crippen LogP contribution is -2.22. The van der Waals surface area contributed by atoms with Gasteiger partial charge in [-0.2, -0.15) is 0 Å². The first-order valence-corrected chi connectivity index (χ1v) is 6.53. The van der Waals surface area contributed by atoms with Gasteiger partial charge in [0.2, 0.25) is 0 Å². The van der Waals surface area contributed by atoms with Crippen LogP contribution in [0.2, 0.25) is 0 Å². The van der Waals surface area contributed by atoms with E-state index in [-0.39, 0.29) is 5.91 Å². The van der Waals surface area contributed by atoms with Crippen LogP contribution < -0.4 is 10.6 Å². The standard InChI is InChI=1S/C12H14N4OS/c1-2-14-11-5-9(3-4-15-11)12(17)16-7-10-6-13-8-18-10/h3-6,8H,2,7H2,1H3,(H,14,15)(H,16,17). The number of nitrogens with zero attached hydrogens (tertiary/aromatic N) is 2. The van der Waals surface area contributed by atoms with Crippen molar-refractivity contribution in [2.24, 2.45) is 0 Å². The Labute approximate surface area is 109 Å². The van der Waals surface area contributed by atoms with Gasteiger partial charge in [-0.05, 0) is 19.1 Å². The average Bonchev–Trinajstić information content (AvgIpc) is 2.90. The van der Waals surface area contributed by atoms with Crippen molar-refractivity contribution >= 4 is 23.1 Å². The van der Waals surface area contributed by atoms with Gasteiger partial charge in [0.25, 0.3) is 5.91 Å². The quantitative estimate of drug-likeness (QED) is 0.863. The highest BCUT2D eigenvalue weighted by atomic mass is 32.1. The lowest BCUT2D eigenvalue weighted by atomic mass is 10.2. The lowest BCUT2D eigenvalue weighted by molar-refractivity contribution is 0.0951. The molecule has 0 radical (unpaired) electrons. The fraction of sp³-hybridized carbons (Fsp3) is 0.250. The molecule has 18 heavy (non-hydrogen) atoms. The number of carbonyl (C=O) groups is 1. The lowest BCUT2D eigenvalue weighted by Gasteiger charge is -2.06. The highest BCUT2D eigenvalue weighted by Gasteiger charge is 2.06. The Hall–Kier alpha value is -1.95. The molecule has 0 atom stereocenters. The van der Waals surface area contributed by atoms with Gasteiger partial charge in [-0.3, -0.25) is 9.78 Å². The van der Waals surface area contributed by atoms with E-state index in [1.807, 2.05) is 6.92 Å². The third-order valence-corrected chi connectivity index (χ3v) is 3.07. The van der Waals surface area contributed by atoms with Crippen molar-refractivity contribution in [3.8, 4) is 0 Å². The topological polar surface area (TPSA) is 66.9 Å². The zero-order valence-electron chi connectivity index (χ0n) is 10.0. The summed E-state index contributed by atoms with van der Waals surface area (Å²) in [7, 11) is 0. The van der Waals surface area contributed by atoms with E-state index in [9.17, 15) is 4.79 Å². The van der Waals surface area contributed by atoms with E-state index < -0.39 is 0 Å². The maximum atomic E-state index is 11.9. The Kier molecular flexibility index (Phi) is 4.25. The fourth-order valence-corrected chi connectivity index (χ4v) is 1.98. The van der Waals surface area contributed by atoms with E-state index in [1.54, 1.807) is 30.0 Å². The number of thiazole rings is 1. The Balaban J connectivity index is 1.97. The average molecular weight is 262 g/mol. The first-order chi connectivity index (χ1) is 8.79. The number of pyridine rings is 1. The van der Waals surface area contributed by atoms with E-state index in [1.165, 1.54) is 11.3 Å². The number of nitrogens with one attached hydrogen (secondary N) is 2. The molecule has 0 aliphatic rings. The maximum Gasteiger partial charge on any atom is 0.251 e. The summed E-state index contributed by atoms with van der Waals surface area (Å²) < 4.78 is 0. The van der Waals surface area contributed by atoms with Crippen molar-refractivity contribution in [1.29, 1.82) is 0 Å². The number of aromatic nitrogens is 2. The predicted molar refractivity (Wildman–Crippen MR) is 71.7 cm³/mol. The molecule has 0 saturated heterocycles. The van der Waals surface area contributed by atoms with Gasteiger partial charge in [-0.15, -0.1) is 11.3 Å². The summed E-state index contributed by atoms with van der Waals surface area (Å²) in [4.78, 5) is 21.0. The monoisotopic (exact) mass is 262 g/mol. The van der Waals surface area contributed by atoms with Gasteiger partial charge >= 0.3 is 0 Å². The predicted octanol–water partition coefficient (Wildman–Crippen LogP) is 1.90. The van der Waals surface area contributed by atoms with Crippen LogP contribution in [0.25, 0.3) is 0 Å². The van der Waals surface area contributed by atoms with E-state index in [0.717, 1.165) is 11.4 Å². The summed E-state index contributed by atoms with van der Waals surface area (Å²) in [6.45, 7) is 3.26. The molecule has 1 amide bonds. The van der Waals surface area contributed by atoms with E-state index >= 15 is 0 Å².